The summed E-state index contributed by atoms with van der Waals surface area (Å²) < 4.78 is 63.4. The molecular weight excluding hydrogens is 450 g/mol. The number of nitrogens with one attached hydrogen (secondary N) is 1. The molecule has 2 aliphatic heterocycles. The van der Waals surface area contributed by atoms with E-state index in [0.717, 1.165) is 13.8 Å². The number of halogens is 2. The van der Waals surface area contributed by atoms with E-state index in [1.165, 1.54) is 0 Å². The maximum atomic E-state index is 15.7. The van der Waals surface area contributed by atoms with Crippen molar-refractivity contribution in [2.24, 2.45) is 0 Å². The Balaban J connectivity index is 1.78. The quantitative estimate of drug-likeness (QED) is 0.728. The van der Waals surface area contributed by atoms with Gasteiger partial charge in [-0.3, -0.25) is 4.79 Å². The molecule has 0 spiro atoms. The maximum Gasteiger partial charge on any atom is 0.246 e. The maximum absolute atomic E-state index is 15.7. The van der Waals surface area contributed by atoms with Crippen molar-refractivity contribution in [2.45, 2.75) is 56.6 Å². The summed E-state index contributed by atoms with van der Waals surface area (Å²) in [5, 5.41) is -2.49. The average molecular weight is 479 g/mol. The summed E-state index contributed by atoms with van der Waals surface area (Å²) in [7, 11) is -4.31. The average Bonchev–Trinajstić information content (AvgIpc) is 2.75. The molecule has 0 unspecified atom stereocenters. The van der Waals surface area contributed by atoms with Crippen LogP contribution in [-0.4, -0.2) is 49.5 Å². The number of rotatable bonds is 3. The smallest absolute Gasteiger partial charge is 0.246 e. The zero-order chi connectivity index (χ0) is 23.8. The Morgan fingerprint density at radius 1 is 1.12 bits per heavy atom. The molecule has 1 fully saturated rings. The molecule has 1 N–H and O–H groups in total. The number of benzene rings is 2. The van der Waals surface area contributed by atoms with Gasteiger partial charge in [0.15, 0.2) is 0 Å². The van der Waals surface area contributed by atoms with Crippen molar-refractivity contribution >= 4 is 15.9 Å². The molecule has 0 saturated carbocycles. The number of alkyl halides is 1. The van der Waals surface area contributed by atoms with Gasteiger partial charge in [0.25, 0.3) is 0 Å². The number of amides is 1. The van der Waals surface area contributed by atoms with Crippen molar-refractivity contribution in [3.63, 3.8) is 0 Å². The van der Waals surface area contributed by atoms with Gasteiger partial charge in [-0.2, -0.15) is 0 Å². The van der Waals surface area contributed by atoms with Gasteiger partial charge in [-0.05, 0) is 44.7 Å². The molecule has 2 aromatic carbocycles. The monoisotopic (exact) mass is 478 g/mol. The van der Waals surface area contributed by atoms with E-state index in [1.807, 2.05) is 0 Å². The van der Waals surface area contributed by atoms with Crippen LogP contribution in [0.4, 0.5) is 8.78 Å². The predicted molar refractivity (Wildman–Crippen MR) is 121 cm³/mol. The van der Waals surface area contributed by atoms with E-state index in [0.29, 0.717) is 41.8 Å². The third kappa shape index (κ3) is 4.75. The predicted octanol–water partition coefficient (Wildman–Crippen LogP) is 3.80. The lowest BCUT2D eigenvalue weighted by molar-refractivity contribution is -0.136. The minimum atomic E-state index is -4.31. The standard InChI is InChI=1S/C24H28F2N2O4S/c1-24(2,26)33(30,31)27-19-10-6-13-28-20(19)15-16-7-5-9-18(23(16)25)17-8-3-4-11-21(17)32-14-12-22(28)29/h3-5,7-9,11,19-20,27H,6,10,12-15H2,1-2H3/t19-,20-/m0/s1. The number of para-hydroxylation sites is 1. The van der Waals surface area contributed by atoms with Crippen LogP contribution in [0.2, 0.25) is 0 Å². The van der Waals surface area contributed by atoms with Crippen molar-refractivity contribution < 1.29 is 26.7 Å². The highest BCUT2D eigenvalue weighted by atomic mass is 32.2. The fourth-order valence-electron chi connectivity index (χ4n) is 4.47. The van der Waals surface area contributed by atoms with Gasteiger partial charge < -0.3 is 9.64 Å². The zero-order valence-electron chi connectivity index (χ0n) is 18.7. The molecule has 1 saturated heterocycles. The second-order valence-electron chi connectivity index (χ2n) is 8.97. The fourth-order valence-corrected chi connectivity index (χ4v) is 5.43. The molecule has 2 atom stereocenters. The van der Waals surface area contributed by atoms with Gasteiger partial charge in [-0.25, -0.2) is 21.9 Å². The highest BCUT2D eigenvalue weighted by Crippen LogP contribution is 2.35. The third-order valence-electron chi connectivity index (χ3n) is 6.30. The molecule has 2 aliphatic rings. The van der Waals surface area contributed by atoms with Crippen LogP contribution >= 0.6 is 0 Å². The van der Waals surface area contributed by atoms with E-state index in [4.69, 9.17) is 4.74 Å². The van der Waals surface area contributed by atoms with Crippen LogP contribution < -0.4 is 9.46 Å². The lowest BCUT2D eigenvalue weighted by Crippen LogP contribution is -2.59. The van der Waals surface area contributed by atoms with Gasteiger partial charge in [-0.1, -0.05) is 36.4 Å². The van der Waals surface area contributed by atoms with Gasteiger partial charge in [0.1, 0.15) is 11.6 Å². The number of piperidine rings is 1. The lowest BCUT2D eigenvalue weighted by atomic mass is 9.89. The van der Waals surface area contributed by atoms with Gasteiger partial charge in [0.2, 0.25) is 20.9 Å². The highest BCUT2D eigenvalue weighted by Gasteiger charge is 2.41. The molecule has 6 nitrogen and oxygen atoms in total. The molecule has 9 heteroatoms. The van der Waals surface area contributed by atoms with Crippen molar-refractivity contribution in [2.75, 3.05) is 13.2 Å². The molecule has 2 aromatic rings. The fraction of sp³-hybridized carbons (Fsp3) is 0.458. The molecule has 2 heterocycles. The third-order valence-corrected chi connectivity index (χ3v) is 8.19. The molecule has 0 aromatic heterocycles. The first-order valence-electron chi connectivity index (χ1n) is 11.1. The van der Waals surface area contributed by atoms with Crippen molar-refractivity contribution in [3.8, 4) is 16.9 Å². The van der Waals surface area contributed by atoms with Gasteiger partial charge in [0, 0.05) is 23.7 Å². The van der Waals surface area contributed by atoms with Crippen molar-refractivity contribution in [1.29, 1.82) is 0 Å². The summed E-state index contributed by atoms with van der Waals surface area (Å²) in [6.45, 7) is 2.47. The second-order valence-corrected chi connectivity index (χ2v) is 11.2. The Morgan fingerprint density at radius 2 is 1.85 bits per heavy atom. The first-order chi connectivity index (χ1) is 15.6. The topological polar surface area (TPSA) is 75.7 Å². The normalized spacial score (nSPS) is 21.8. The molecule has 2 bridgehead atoms. The minimum Gasteiger partial charge on any atom is -0.492 e. The van der Waals surface area contributed by atoms with E-state index in [1.54, 1.807) is 47.4 Å². The highest BCUT2D eigenvalue weighted by molar-refractivity contribution is 7.90. The second kappa shape index (κ2) is 9.02. The van der Waals surface area contributed by atoms with Crippen LogP contribution in [0.5, 0.6) is 5.75 Å². The van der Waals surface area contributed by atoms with Crippen molar-refractivity contribution in [3.05, 3.63) is 53.8 Å². The van der Waals surface area contributed by atoms with Crippen LogP contribution in [0.25, 0.3) is 11.1 Å². The molecule has 178 valence electrons. The van der Waals surface area contributed by atoms with E-state index in [-0.39, 0.29) is 25.4 Å². The molecular formula is C24H28F2N2O4S. The zero-order valence-corrected chi connectivity index (χ0v) is 19.5. The lowest BCUT2D eigenvalue weighted by Gasteiger charge is -2.42. The van der Waals surface area contributed by atoms with Crippen LogP contribution in [0, 0.1) is 5.82 Å². The number of hydrogen-bond acceptors (Lipinski definition) is 4. The van der Waals surface area contributed by atoms with E-state index >= 15 is 4.39 Å². The number of nitrogens with zero attached hydrogens (tertiary/aromatic N) is 1. The summed E-state index contributed by atoms with van der Waals surface area (Å²) in [4.78, 5) is 14.7. The molecule has 33 heavy (non-hydrogen) atoms. The van der Waals surface area contributed by atoms with Crippen LogP contribution in [-0.2, 0) is 21.2 Å². The Morgan fingerprint density at radius 3 is 2.61 bits per heavy atom. The number of carbonyl (C=O) groups is 1. The Labute approximate surface area is 193 Å². The van der Waals surface area contributed by atoms with Gasteiger partial charge in [-0.15, -0.1) is 0 Å². The van der Waals surface area contributed by atoms with E-state index in [2.05, 4.69) is 4.72 Å². The SMILES string of the molecule is CC(C)(F)S(=O)(=O)N[C@H]1CCCN2C(=O)CCOc3ccccc3-c3cccc(c3F)C[C@@H]12. The number of fused-ring (bicyclic) bond motifs is 5. The Kier molecular flexibility index (Phi) is 6.46. The number of sulfonamides is 1. The molecule has 0 aliphatic carbocycles. The summed E-state index contributed by atoms with van der Waals surface area (Å²) in [6.07, 6.45) is 1.17. The van der Waals surface area contributed by atoms with E-state index in [9.17, 15) is 17.6 Å². The number of ether oxygens (including phenoxy) is 1. The van der Waals surface area contributed by atoms with Gasteiger partial charge in [0.05, 0.1) is 19.1 Å². The first-order valence-corrected chi connectivity index (χ1v) is 12.6. The van der Waals surface area contributed by atoms with Crippen LogP contribution in [0.1, 0.15) is 38.7 Å². The first kappa shape index (κ1) is 23.6. The van der Waals surface area contributed by atoms with Gasteiger partial charge >= 0.3 is 0 Å². The van der Waals surface area contributed by atoms with Crippen LogP contribution in [0.15, 0.2) is 42.5 Å². The minimum absolute atomic E-state index is 0.0926. The summed E-state index contributed by atoms with van der Waals surface area (Å²) in [6, 6.07) is 10.7. The summed E-state index contributed by atoms with van der Waals surface area (Å²) >= 11 is 0. The summed E-state index contributed by atoms with van der Waals surface area (Å²) in [5.74, 6) is -0.162. The molecule has 1 amide bonds. The molecule has 0 radical (unpaired) electrons. The number of carbonyl (C=O) groups excluding carboxylic acids is 1. The Bertz CT molecular complexity index is 1150. The number of hydrogen-bond donors (Lipinski definition) is 1. The summed E-state index contributed by atoms with van der Waals surface area (Å²) in [5.41, 5.74) is 1.32. The van der Waals surface area contributed by atoms with E-state index < -0.39 is 32.9 Å². The van der Waals surface area contributed by atoms with Crippen molar-refractivity contribution in [1.82, 2.24) is 9.62 Å². The molecule has 4 rings (SSSR count). The van der Waals surface area contributed by atoms with Crippen LogP contribution in [0.3, 0.4) is 0 Å². The Hall–Kier alpha value is -2.52. The largest absolute Gasteiger partial charge is 0.492 e.